The summed E-state index contributed by atoms with van der Waals surface area (Å²) < 4.78 is 45.3. The molecule has 0 radical (unpaired) electrons. The highest BCUT2D eigenvalue weighted by atomic mass is 32.2. The lowest BCUT2D eigenvalue weighted by Gasteiger charge is -2.24. The number of nitrogens with zero attached hydrogens (tertiary/aromatic N) is 1. The minimum Gasteiger partial charge on any atom is -0.497 e. The number of hydrogen-bond acceptors (Lipinski definition) is 5. The average molecular weight is 450 g/mol. The molecule has 2 amide bonds. The Labute approximate surface area is 180 Å². The Morgan fingerprint density at radius 2 is 1.71 bits per heavy atom. The van der Waals surface area contributed by atoms with Gasteiger partial charge in [0.15, 0.2) is 0 Å². The van der Waals surface area contributed by atoms with Gasteiger partial charge in [-0.25, -0.2) is 12.8 Å². The molecule has 1 aliphatic rings. The van der Waals surface area contributed by atoms with E-state index in [-0.39, 0.29) is 18.0 Å². The zero-order valence-electron chi connectivity index (χ0n) is 17.0. The van der Waals surface area contributed by atoms with Crippen molar-refractivity contribution in [3.8, 4) is 5.75 Å². The van der Waals surface area contributed by atoms with Gasteiger partial charge in [-0.05, 0) is 54.8 Å². The SMILES string of the molecule is COc1ccc(S(=O)(=O)N2CCC[C@@H]2CNC(=O)C(=O)NCc2ccc(F)cc2)cc1. The molecule has 8 nitrogen and oxygen atoms in total. The monoisotopic (exact) mass is 449 g/mol. The second-order valence-corrected chi connectivity index (χ2v) is 9.00. The van der Waals surface area contributed by atoms with Gasteiger partial charge in [0.25, 0.3) is 0 Å². The highest BCUT2D eigenvalue weighted by molar-refractivity contribution is 7.89. The van der Waals surface area contributed by atoms with Crippen LogP contribution in [0.2, 0.25) is 0 Å². The van der Waals surface area contributed by atoms with E-state index >= 15 is 0 Å². The molecule has 1 atom stereocenters. The van der Waals surface area contributed by atoms with E-state index in [9.17, 15) is 22.4 Å². The number of ether oxygens (including phenoxy) is 1. The van der Waals surface area contributed by atoms with E-state index in [2.05, 4.69) is 10.6 Å². The van der Waals surface area contributed by atoms with E-state index in [1.807, 2.05) is 0 Å². The molecule has 0 aromatic heterocycles. The molecular formula is C21H24FN3O5S. The smallest absolute Gasteiger partial charge is 0.309 e. The minimum atomic E-state index is -3.74. The van der Waals surface area contributed by atoms with Gasteiger partial charge in [-0.3, -0.25) is 9.59 Å². The van der Waals surface area contributed by atoms with E-state index in [0.29, 0.717) is 30.7 Å². The molecule has 31 heavy (non-hydrogen) atoms. The second-order valence-electron chi connectivity index (χ2n) is 7.11. The standard InChI is InChI=1S/C21H24FN3O5S/c1-30-18-8-10-19(11-9-18)31(28,29)25-12-2-3-17(25)14-24-21(27)20(26)23-13-15-4-6-16(22)7-5-15/h4-11,17H,2-3,12-14H2,1H3,(H,23,26)(H,24,27)/t17-/m1/s1. The predicted octanol–water partition coefficient (Wildman–Crippen LogP) is 1.42. The summed E-state index contributed by atoms with van der Waals surface area (Å²) in [6.45, 7) is 0.442. The van der Waals surface area contributed by atoms with Crippen LogP contribution in [0.25, 0.3) is 0 Å². The third-order valence-electron chi connectivity index (χ3n) is 5.06. The lowest BCUT2D eigenvalue weighted by molar-refractivity contribution is -0.139. The Hall–Kier alpha value is -2.98. The van der Waals surface area contributed by atoms with Crippen molar-refractivity contribution >= 4 is 21.8 Å². The molecular weight excluding hydrogens is 425 g/mol. The van der Waals surface area contributed by atoms with Gasteiger partial charge in [-0.15, -0.1) is 0 Å². The van der Waals surface area contributed by atoms with Crippen LogP contribution < -0.4 is 15.4 Å². The van der Waals surface area contributed by atoms with Crippen LogP contribution in [0.3, 0.4) is 0 Å². The molecule has 1 saturated heterocycles. The molecule has 1 heterocycles. The minimum absolute atomic E-state index is 0.0260. The van der Waals surface area contributed by atoms with Gasteiger partial charge in [-0.2, -0.15) is 4.31 Å². The number of carbonyl (C=O) groups excluding carboxylic acids is 2. The third-order valence-corrected chi connectivity index (χ3v) is 7.03. The maximum atomic E-state index is 13.0. The normalized spacial score (nSPS) is 16.6. The molecule has 2 aromatic rings. The van der Waals surface area contributed by atoms with Crippen LogP contribution in [0, 0.1) is 5.82 Å². The summed E-state index contributed by atoms with van der Waals surface area (Å²) in [5.74, 6) is -1.53. The topological polar surface area (TPSA) is 105 Å². The summed E-state index contributed by atoms with van der Waals surface area (Å²) in [6.07, 6.45) is 1.24. The first-order chi connectivity index (χ1) is 14.8. The van der Waals surface area contributed by atoms with Crippen LogP contribution in [-0.2, 0) is 26.2 Å². The van der Waals surface area contributed by atoms with Crippen LogP contribution in [0.1, 0.15) is 18.4 Å². The van der Waals surface area contributed by atoms with E-state index in [0.717, 1.165) is 0 Å². The van der Waals surface area contributed by atoms with Gasteiger partial charge in [0.1, 0.15) is 11.6 Å². The van der Waals surface area contributed by atoms with E-state index < -0.39 is 33.7 Å². The number of methoxy groups -OCH3 is 1. The lowest BCUT2D eigenvalue weighted by atomic mass is 10.2. The number of halogens is 1. The van der Waals surface area contributed by atoms with Gasteiger partial charge >= 0.3 is 11.8 Å². The molecule has 1 fully saturated rings. The highest BCUT2D eigenvalue weighted by Crippen LogP contribution is 2.26. The summed E-state index contributed by atoms with van der Waals surface area (Å²) in [6, 6.07) is 11.2. The predicted molar refractivity (Wildman–Crippen MR) is 111 cm³/mol. The fraction of sp³-hybridized carbons (Fsp3) is 0.333. The number of nitrogens with one attached hydrogen (secondary N) is 2. The van der Waals surface area contributed by atoms with Crippen molar-refractivity contribution in [2.75, 3.05) is 20.2 Å². The van der Waals surface area contributed by atoms with Crippen molar-refractivity contribution in [2.24, 2.45) is 0 Å². The van der Waals surface area contributed by atoms with Gasteiger partial charge in [0.2, 0.25) is 10.0 Å². The Morgan fingerprint density at radius 3 is 2.35 bits per heavy atom. The first kappa shape index (κ1) is 22.7. The fourth-order valence-corrected chi connectivity index (χ4v) is 5.06. The maximum absolute atomic E-state index is 13.0. The Bertz CT molecular complexity index is 1030. The molecule has 0 unspecified atom stereocenters. The molecule has 0 saturated carbocycles. The van der Waals surface area contributed by atoms with Crippen LogP contribution in [-0.4, -0.2) is 50.8 Å². The number of hydrogen-bond donors (Lipinski definition) is 2. The number of rotatable bonds is 7. The summed E-state index contributed by atoms with van der Waals surface area (Å²) in [4.78, 5) is 24.3. The Balaban J connectivity index is 1.55. The Morgan fingerprint density at radius 1 is 1.06 bits per heavy atom. The molecule has 1 aliphatic heterocycles. The summed E-state index contributed by atoms with van der Waals surface area (Å²) in [7, 11) is -2.24. The van der Waals surface area contributed by atoms with Crippen LogP contribution in [0.4, 0.5) is 4.39 Å². The average Bonchev–Trinajstić information content (AvgIpc) is 3.26. The van der Waals surface area contributed by atoms with Crippen molar-refractivity contribution in [1.29, 1.82) is 0 Å². The molecule has 0 bridgehead atoms. The maximum Gasteiger partial charge on any atom is 0.309 e. The second kappa shape index (κ2) is 9.88. The molecule has 10 heteroatoms. The van der Waals surface area contributed by atoms with Gasteiger partial charge < -0.3 is 15.4 Å². The van der Waals surface area contributed by atoms with Gasteiger partial charge in [-0.1, -0.05) is 12.1 Å². The number of amides is 2. The van der Waals surface area contributed by atoms with Crippen molar-refractivity contribution in [3.05, 3.63) is 59.9 Å². The lowest BCUT2D eigenvalue weighted by Crippen LogP contribution is -2.46. The van der Waals surface area contributed by atoms with Gasteiger partial charge in [0.05, 0.1) is 12.0 Å². The largest absolute Gasteiger partial charge is 0.497 e. The van der Waals surface area contributed by atoms with Crippen molar-refractivity contribution in [3.63, 3.8) is 0 Å². The quantitative estimate of drug-likeness (QED) is 0.622. The summed E-state index contributed by atoms with van der Waals surface area (Å²) in [5, 5.41) is 4.96. The Kier molecular flexibility index (Phi) is 7.24. The summed E-state index contributed by atoms with van der Waals surface area (Å²) >= 11 is 0. The highest BCUT2D eigenvalue weighted by Gasteiger charge is 2.35. The molecule has 166 valence electrons. The van der Waals surface area contributed by atoms with Crippen LogP contribution in [0.15, 0.2) is 53.4 Å². The van der Waals surface area contributed by atoms with Gasteiger partial charge in [0, 0.05) is 25.7 Å². The van der Waals surface area contributed by atoms with Crippen LogP contribution >= 0.6 is 0 Å². The van der Waals surface area contributed by atoms with Crippen molar-refractivity contribution in [2.45, 2.75) is 30.3 Å². The summed E-state index contributed by atoms with van der Waals surface area (Å²) in [5.41, 5.74) is 0.648. The molecule has 2 N–H and O–H groups in total. The zero-order chi connectivity index (χ0) is 22.4. The van der Waals surface area contributed by atoms with Crippen molar-refractivity contribution in [1.82, 2.24) is 14.9 Å². The first-order valence-corrected chi connectivity index (χ1v) is 11.2. The molecule has 0 aliphatic carbocycles. The number of benzene rings is 2. The number of carbonyl (C=O) groups is 2. The molecule has 2 aromatic carbocycles. The number of sulfonamides is 1. The fourth-order valence-electron chi connectivity index (χ4n) is 3.37. The zero-order valence-corrected chi connectivity index (χ0v) is 17.8. The van der Waals surface area contributed by atoms with Crippen molar-refractivity contribution < 1.29 is 27.1 Å². The van der Waals surface area contributed by atoms with E-state index in [4.69, 9.17) is 4.74 Å². The third kappa shape index (κ3) is 5.59. The van der Waals surface area contributed by atoms with Crippen LogP contribution in [0.5, 0.6) is 5.75 Å². The molecule has 0 spiro atoms. The van der Waals surface area contributed by atoms with E-state index in [1.54, 1.807) is 12.1 Å². The first-order valence-electron chi connectivity index (χ1n) is 9.77. The molecule has 3 rings (SSSR count). The van der Waals surface area contributed by atoms with E-state index in [1.165, 1.54) is 47.8 Å².